The molecule has 1 aliphatic rings. The van der Waals surface area contributed by atoms with Crippen molar-refractivity contribution in [3.05, 3.63) is 35.9 Å². The molecule has 21 heavy (non-hydrogen) atoms. The van der Waals surface area contributed by atoms with Crippen LogP contribution in [0.1, 0.15) is 18.4 Å². The highest BCUT2D eigenvalue weighted by atomic mass is 16.5. The average molecular weight is 292 g/mol. The quantitative estimate of drug-likeness (QED) is 0.819. The van der Waals surface area contributed by atoms with Crippen LogP contribution in [0.5, 0.6) is 0 Å². The molecule has 0 radical (unpaired) electrons. The summed E-state index contributed by atoms with van der Waals surface area (Å²) in [5, 5.41) is 0. The minimum Gasteiger partial charge on any atom is -0.383 e. The topological polar surface area (TPSA) is 64.8 Å². The van der Waals surface area contributed by atoms with Gasteiger partial charge >= 0.3 is 0 Å². The summed E-state index contributed by atoms with van der Waals surface area (Å²) in [7, 11) is 1.64. The van der Waals surface area contributed by atoms with Crippen molar-refractivity contribution in [3.8, 4) is 0 Å². The summed E-state index contributed by atoms with van der Waals surface area (Å²) < 4.78 is 10.8. The van der Waals surface area contributed by atoms with Gasteiger partial charge in [0.2, 0.25) is 0 Å². The summed E-state index contributed by atoms with van der Waals surface area (Å²) in [5.74, 6) is 0.0341. The third-order valence-corrected chi connectivity index (χ3v) is 3.74. The van der Waals surface area contributed by atoms with Crippen molar-refractivity contribution in [2.75, 3.05) is 26.8 Å². The number of hydrogen-bond acceptors (Lipinski definition) is 4. The molecule has 2 unspecified atom stereocenters. The largest absolute Gasteiger partial charge is 0.383 e. The van der Waals surface area contributed by atoms with Gasteiger partial charge in [0.05, 0.1) is 12.7 Å². The fraction of sp³-hybridized carbons (Fsp3) is 0.562. The van der Waals surface area contributed by atoms with Crippen LogP contribution >= 0.6 is 0 Å². The predicted octanol–water partition coefficient (Wildman–Crippen LogP) is 1.17. The van der Waals surface area contributed by atoms with Crippen LogP contribution in [0.15, 0.2) is 30.3 Å². The third kappa shape index (κ3) is 4.52. The lowest BCUT2D eigenvalue weighted by Crippen LogP contribution is -2.41. The van der Waals surface area contributed by atoms with Gasteiger partial charge < -0.3 is 20.1 Å². The highest BCUT2D eigenvalue weighted by Crippen LogP contribution is 2.21. The molecule has 5 nitrogen and oxygen atoms in total. The Morgan fingerprint density at radius 1 is 1.38 bits per heavy atom. The highest BCUT2D eigenvalue weighted by Gasteiger charge is 2.32. The summed E-state index contributed by atoms with van der Waals surface area (Å²) in [6.45, 7) is 2.14. The molecule has 0 aromatic heterocycles. The predicted molar refractivity (Wildman–Crippen MR) is 80.7 cm³/mol. The number of amides is 1. The second-order valence-corrected chi connectivity index (χ2v) is 5.30. The average Bonchev–Trinajstić information content (AvgIpc) is 3.00. The van der Waals surface area contributed by atoms with E-state index >= 15 is 0 Å². The van der Waals surface area contributed by atoms with Crippen LogP contribution in [0.4, 0.5) is 0 Å². The van der Waals surface area contributed by atoms with Crippen molar-refractivity contribution < 1.29 is 14.3 Å². The van der Waals surface area contributed by atoms with Gasteiger partial charge in [-0.1, -0.05) is 30.3 Å². The van der Waals surface area contributed by atoms with Gasteiger partial charge in [-0.05, 0) is 18.4 Å². The van der Waals surface area contributed by atoms with Gasteiger partial charge in [-0.3, -0.25) is 4.79 Å². The van der Waals surface area contributed by atoms with Gasteiger partial charge in [0.15, 0.2) is 0 Å². The Balaban J connectivity index is 1.99. The lowest BCUT2D eigenvalue weighted by atomic mass is 10.1. The molecule has 0 bridgehead atoms. The number of rotatable bonds is 7. The van der Waals surface area contributed by atoms with Crippen LogP contribution in [0.2, 0.25) is 0 Å². The Labute approximate surface area is 126 Å². The molecule has 2 atom stereocenters. The molecule has 1 saturated heterocycles. The van der Waals surface area contributed by atoms with E-state index < -0.39 is 0 Å². The van der Waals surface area contributed by atoms with E-state index in [0.717, 1.165) is 18.4 Å². The first kappa shape index (κ1) is 15.9. The maximum Gasteiger partial charge on any atom is 0.252 e. The van der Waals surface area contributed by atoms with E-state index in [2.05, 4.69) is 0 Å². The molecule has 1 aromatic carbocycles. The fourth-order valence-electron chi connectivity index (χ4n) is 2.54. The first-order chi connectivity index (χ1) is 10.2. The van der Waals surface area contributed by atoms with Crippen molar-refractivity contribution in [2.24, 2.45) is 5.73 Å². The Hall–Kier alpha value is -1.43. The van der Waals surface area contributed by atoms with Gasteiger partial charge in [0.1, 0.15) is 6.10 Å². The molecule has 116 valence electrons. The number of carbonyl (C=O) groups excluding carboxylic acids is 1. The molecule has 1 aromatic rings. The summed E-state index contributed by atoms with van der Waals surface area (Å²) in [6, 6.07) is 9.96. The third-order valence-electron chi connectivity index (χ3n) is 3.74. The van der Waals surface area contributed by atoms with Gasteiger partial charge in [-0.15, -0.1) is 0 Å². The second kappa shape index (κ2) is 8.12. The number of carbonyl (C=O) groups is 1. The van der Waals surface area contributed by atoms with Crippen LogP contribution in [-0.4, -0.2) is 49.8 Å². The molecular weight excluding hydrogens is 268 g/mol. The van der Waals surface area contributed by atoms with Crippen LogP contribution in [0.25, 0.3) is 0 Å². The molecule has 5 heteroatoms. The standard InChI is InChI=1S/C16H24N2O3/c1-20-10-9-18(12-13-5-3-2-4-6-13)16(19)15-8-7-14(11-17)21-15/h2-6,14-15H,7-12,17H2,1H3. The minimum absolute atomic E-state index is 0.0138. The van der Waals surface area contributed by atoms with Crippen molar-refractivity contribution in [3.63, 3.8) is 0 Å². The first-order valence-corrected chi connectivity index (χ1v) is 7.41. The van der Waals surface area contributed by atoms with Crippen molar-refractivity contribution >= 4 is 5.91 Å². The van der Waals surface area contributed by atoms with Crippen LogP contribution in [0.3, 0.4) is 0 Å². The number of benzene rings is 1. The van der Waals surface area contributed by atoms with E-state index in [1.165, 1.54) is 0 Å². The molecule has 0 aliphatic carbocycles. The van der Waals surface area contributed by atoms with Crippen molar-refractivity contribution in [1.29, 1.82) is 0 Å². The van der Waals surface area contributed by atoms with E-state index in [1.54, 1.807) is 7.11 Å². The van der Waals surface area contributed by atoms with Gasteiger partial charge in [-0.2, -0.15) is 0 Å². The van der Waals surface area contributed by atoms with Crippen molar-refractivity contribution in [1.82, 2.24) is 4.90 Å². The zero-order valence-corrected chi connectivity index (χ0v) is 12.5. The Bertz CT molecular complexity index is 438. The fourth-order valence-corrected chi connectivity index (χ4v) is 2.54. The van der Waals surface area contributed by atoms with E-state index in [4.69, 9.17) is 15.2 Å². The van der Waals surface area contributed by atoms with E-state index in [9.17, 15) is 4.79 Å². The zero-order valence-electron chi connectivity index (χ0n) is 12.5. The highest BCUT2D eigenvalue weighted by molar-refractivity contribution is 5.81. The van der Waals surface area contributed by atoms with E-state index in [1.807, 2.05) is 35.2 Å². The van der Waals surface area contributed by atoms with Gasteiger partial charge in [-0.25, -0.2) is 0 Å². The number of ether oxygens (including phenoxy) is 2. The molecule has 1 fully saturated rings. The van der Waals surface area contributed by atoms with E-state index in [0.29, 0.717) is 26.2 Å². The molecule has 0 spiro atoms. The smallest absolute Gasteiger partial charge is 0.252 e. The Kier molecular flexibility index (Phi) is 6.17. The molecule has 1 amide bonds. The maximum atomic E-state index is 12.6. The monoisotopic (exact) mass is 292 g/mol. The lowest BCUT2D eigenvalue weighted by molar-refractivity contribution is -0.144. The number of methoxy groups -OCH3 is 1. The zero-order chi connectivity index (χ0) is 15.1. The maximum absolute atomic E-state index is 12.6. The van der Waals surface area contributed by atoms with Crippen molar-refractivity contribution in [2.45, 2.75) is 31.6 Å². The number of hydrogen-bond donors (Lipinski definition) is 1. The molecule has 1 aliphatic heterocycles. The summed E-state index contributed by atoms with van der Waals surface area (Å²) >= 11 is 0. The number of nitrogens with zero attached hydrogens (tertiary/aromatic N) is 1. The molecule has 0 saturated carbocycles. The van der Waals surface area contributed by atoms with Crippen LogP contribution in [0, 0.1) is 0 Å². The Morgan fingerprint density at radius 3 is 2.76 bits per heavy atom. The van der Waals surface area contributed by atoms with Gasteiger partial charge in [0, 0.05) is 26.7 Å². The second-order valence-electron chi connectivity index (χ2n) is 5.30. The molecule has 1 heterocycles. The van der Waals surface area contributed by atoms with E-state index in [-0.39, 0.29) is 18.1 Å². The SMILES string of the molecule is COCCN(Cc1ccccc1)C(=O)C1CCC(CN)O1. The molecule has 2 N–H and O–H groups in total. The normalized spacial score (nSPS) is 21.4. The van der Waals surface area contributed by atoms with Gasteiger partial charge in [0.25, 0.3) is 5.91 Å². The molecule has 2 rings (SSSR count). The first-order valence-electron chi connectivity index (χ1n) is 7.41. The van der Waals surface area contributed by atoms with Crippen LogP contribution in [-0.2, 0) is 20.8 Å². The lowest BCUT2D eigenvalue weighted by Gasteiger charge is -2.25. The summed E-state index contributed by atoms with van der Waals surface area (Å²) in [5.41, 5.74) is 6.71. The summed E-state index contributed by atoms with van der Waals surface area (Å²) in [6.07, 6.45) is 1.26. The van der Waals surface area contributed by atoms with Crippen LogP contribution < -0.4 is 5.73 Å². The number of nitrogens with two attached hydrogens (primary N) is 1. The Morgan fingerprint density at radius 2 is 2.14 bits per heavy atom. The molecular formula is C16H24N2O3. The minimum atomic E-state index is -0.362. The summed E-state index contributed by atoms with van der Waals surface area (Å²) in [4.78, 5) is 14.4.